The second kappa shape index (κ2) is 7.29. The molecule has 0 aromatic carbocycles. The molecule has 0 aliphatic heterocycles. The van der Waals surface area contributed by atoms with E-state index in [1.807, 2.05) is 25.3 Å². The second-order valence-corrected chi connectivity index (χ2v) is 4.97. The standard InChI is InChI=1S/C12H20N2O2S/c1-3-10(4-6-15)14-12(16)13-8-11-9(2)5-7-17-11/h5,7,10,15H,3-4,6,8H2,1-2H3,(H2,13,14,16). The van der Waals surface area contributed by atoms with Gasteiger partial charge in [-0.15, -0.1) is 11.3 Å². The summed E-state index contributed by atoms with van der Waals surface area (Å²) in [7, 11) is 0. The van der Waals surface area contributed by atoms with Gasteiger partial charge in [0.2, 0.25) is 0 Å². The van der Waals surface area contributed by atoms with Crippen LogP contribution in [0.25, 0.3) is 0 Å². The van der Waals surface area contributed by atoms with Gasteiger partial charge in [-0.1, -0.05) is 6.92 Å². The third-order valence-electron chi connectivity index (χ3n) is 2.68. The maximum Gasteiger partial charge on any atom is 0.315 e. The van der Waals surface area contributed by atoms with Gasteiger partial charge in [0.25, 0.3) is 0 Å². The van der Waals surface area contributed by atoms with Crippen molar-refractivity contribution in [3.05, 3.63) is 21.9 Å². The fourth-order valence-electron chi connectivity index (χ4n) is 1.52. The number of urea groups is 1. The van der Waals surface area contributed by atoms with Crippen LogP contribution < -0.4 is 10.6 Å². The zero-order chi connectivity index (χ0) is 12.7. The second-order valence-electron chi connectivity index (χ2n) is 3.97. The first-order chi connectivity index (χ1) is 8.17. The summed E-state index contributed by atoms with van der Waals surface area (Å²) in [4.78, 5) is 12.8. The Kier molecular flexibility index (Phi) is 6.00. The third kappa shape index (κ3) is 4.75. The fourth-order valence-corrected chi connectivity index (χ4v) is 2.36. The van der Waals surface area contributed by atoms with E-state index in [2.05, 4.69) is 10.6 Å². The number of aliphatic hydroxyl groups excluding tert-OH is 1. The highest BCUT2D eigenvalue weighted by atomic mass is 32.1. The van der Waals surface area contributed by atoms with Crippen molar-refractivity contribution >= 4 is 17.4 Å². The lowest BCUT2D eigenvalue weighted by Crippen LogP contribution is -2.41. The number of thiophene rings is 1. The van der Waals surface area contributed by atoms with Crippen molar-refractivity contribution in [1.82, 2.24) is 10.6 Å². The Morgan fingerprint density at radius 3 is 2.88 bits per heavy atom. The summed E-state index contributed by atoms with van der Waals surface area (Å²) in [6, 6.07) is 1.92. The Morgan fingerprint density at radius 1 is 1.59 bits per heavy atom. The van der Waals surface area contributed by atoms with Crippen LogP contribution in [0.4, 0.5) is 4.79 Å². The molecule has 1 unspecified atom stereocenters. The molecule has 4 nitrogen and oxygen atoms in total. The summed E-state index contributed by atoms with van der Waals surface area (Å²) < 4.78 is 0. The van der Waals surface area contributed by atoms with Crippen LogP contribution in [0.5, 0.6) is 0 Å². The summed E-state index contributed by atoms with van der Waals surface area (Å²) in [6.07, 6.45) is 1.42. The molecule has 0 radical (unpaired) electrons. The van der Waals surface area contributed by atoms with E-state index in [9.17, 15) is 4.79 Å². The molecule has 0 spiro atoms. The Morgan fingerprint density at radius 2 is 2.35 bits per heavy atom. The molecule has 1 aromatic heterocycles. The predicted octanol–water partition coefficient (Wildman–Crippen LogP) is 2.02. The van der Waals surface area contributed by atoms with Crippen molar-refractivity contribution in [3.63, 3.8) is 0 Å². The maximum absolute atomic E-state index is 11.6. The molecule has 17 heavy (non-hydrogen) atoms. The molecule has 0 aliphatic rings. The van der Waals surface area contributed by atoms with E-state index < -0.39 is 0 Å². The summed E-state index contributed by atoms with van der Waals surface area (Å²) in [5.74, 6) is 0. The van der Waals surface area contributed by atoms with Crippen LogP contribution in [0.3, 0.4) is 0 Å². The van der Waals surface area contributed by atoms with Gasteiger partial charge in [-0.2, -0.15) is 0 Å². The minimum atomic E-state index is -0.168. The van der Waals surface area contributed by atoms with Gasteiger partial charge in [-0.3, -0.25) is 0 Å². The zero-order valence-corrected chi connectivity index (χ0v) is 11.1. The first-order valence-corrected chi connectivity index (χ1v) is 6.73. The van der Waals surface area contributed by atoms with Gasteiger partial charge >= 0.3 is 6.03 Å². The van der Waals surface area contributed by atoms with Crippen LogP contribution in [0.15, 0.2) is 11.4 Å². The SMILES string of the molecule is CCC(CCO)NC(=O)NCc1sccc1C. The molecule has 1 heterocycles. The Balaban J connectivity index is 2.32. The van der Waals surface area contributed by atoms with E-state index >= 15 is 0 Å². The smallest absolute Gasteiger partial charge is 0.315 e. The van der Waals surface area contributed by atoms with Crippen LogP contribution in [-0.2, 0) is 6.54 Å². The molecule has 0 saturated carbocycles. The highest BCUT2D eigenvalue weighted by molar-refractivity contribution is 7.10. The summed E-state index contributed by atoms with van der Waals surface area (Å²) in [5.41, 5.74) is 1.21. The molecule has 1 rings (SSSR count). The normalized spacial score (nSPS) is 12.2. The number of rotatable bonds is 6. The first-order valence-electron chi connectivity index (χ1n) is 5.85. The van der Waals surface area contributed by atoms with Crippen molar-refractivity contribution in [1.29, 1.82) is 0 Å². The molecular weight excluding hydrogens is 236 g/mol. The lowest BCUT2D eigenvalue weighted by atomic mass is 10.2. The van der Waals surface area contributed by atoms with Crippen LogP contribution in [-0.4, -0.2) is 23.8 Å². The Hall–Kier alpha value is -1.07. The van der Waals surface area contributed by atoms with Crippen molar-refractivity contribution < 1.29 is 9.90 Å². The Labute approximate surface area is 106 Å². The molecule has 0 fully saturated rings. The third-order valence-corrected chi connectivity index (χ3v) is 3.71. The van der Waals surface area contributed by atoms with Gasteiger partial charge in [0.05, 0.1) is 6.54 Å². The monoisotopic (exact) mass is 256 g/mol. The molecule has 0 bridgehead atoms. The average Bonchev–Trinajstić information content (AvgIpc) is 2.71. The lowest BCUT2D eigenvalue weighted by Gasteiger charge is -2.16. The molecule has 2 amide bonds. The lowest BCUT2D eigenvalue weighted by molar-refractivity contribution is 0.227. The summed E-state index contributed by atoms with van der Waals surface area (Å²) >= 11 is 1.64. The van der Waals surface area contributed by atoms with Crippen molar-refractivity contribution in [2.45, 2.75) is 39.3 Å². The van der Waals surface area contributed by atoms with Crippen LogP contribution in [0.1, 0.15) is 30.2 Å². The predicted molar refractivity (Wildman–Crippen MR) is 70.2 cm³/mol. The van der Waals surface area contributed by atoms with E-state index in [-0.39, 0.29) is 18.7 Å². The Bertz CT molecular complexity index is 352. The quantitative estimate of drug-likeness (QED) is 0.729. The number of hydrogen-bond acceptors (Lipinski definition) is 3. The van der Waals surface area contributed by atoms with Crippen LogP contribution in [0, 0.1) is 6.92 Å². The van der Waals surface area contributed by atoms with Crippen molar-refractivity contribution in [2.75, 3.05) is 6.61 Å². The molecule has 3 N–H and O–H groups in total. The molecule has 0 saturated heterocycles. The van der Waals surface area contributed by atoms with E-state index in [0.29, 0.717) is 13.0 Å². The van der Waals surface area contributed by atoms with Gasteiger partial charge < -0.3 is 15.7 Å². The molecule has 1 aromatic rings. The fraction of sp³-hybridized carbons (Fsp3) is 0.583. The van der Waals surface area contributed by atoms with Crippen LogP contribution in [0.2, 0.25) is 0 Å². The molecule has 5 heteroatoms. The van der Waals surface area contributed by atoms with Gasteiger partial charge in [0.1, 0.15) is 0 Å². The van der Waals surface area contributed by atoms with E-state index in [0.717, 1.165) is 6.42 Å². The number of aryl methyl sites for hydroxylation is 1. The van der Waals surface area contributed by atoms with Crippen molar-refractivity contribution in [3.8, 4) is 0 Å². The minimum Gasteiger partial charge on any atom is -0.396 e. The van der Waals surface area contributed by atoms with Crippen molar-refractivity contribution in [2.24, 2.45) is 0 Å². The zero-order valence-electron chi connectivity index (χ0n) is 10.3. The first kappa shape index (κ1) is 14.0. The number of carbonyl (C=O) groups is 1. The number of carbonyl (C=O) groups excluding carboxylic acids is 1. The van der Waals surface area contributed by atoms with E-state index in [1.54, 1.807) is 11.3 Å². The maximum atomic E-state index is 11.6. The number of amides is 2. The van der Waals surface area contributed by atoms with Gasteiger partial charge in [0.15, 0.2) is 0 Å². The number of hydrogen-bond donors (Lipinski definition) is 3. The number of aliphatic hydroxyl groups is 1. The van der Waals surface area contributed by atoms with E-state index in [1.165, 1.54) is 10.4 Å². The van der Waals surface area contributed by atoms with Gasteiger partial charge in [-0.05, 0) is 36.8 Å². The highest BCUT2D eigenvalue weighted by Gasteiger charge is 2.09. The van der Waals surface area contributed by atoms with Gasteiger partial charge in [0, 0.05) is 17.5 Å². The summed E-state index contributed by atoms with van der Waals surface area (Å²) in [6.45, 7) is 4.68. The molecule has 1 atom stereocenters. The highest BCUT2D eigenvalue weighted by Crippen LogP contribution is 2.14. The van der Waals surface area contributed by atoms with Gasteiger partial charge in [-0.25, -0.2) is 4.79 Å². The minimum absolute atomic E-state index is 0.0458. The topological polar surface area (TPSA) is 61.4 Å². The molecule has 96 valence electrons. The number of nitrogens with one attached hydrogen (secondary N) is 2. The largest absolute Gasteiger partial charge is 0.396 e. The van der Waals surface area contributed by atoms with Crippen LogP contribution >= 0.6 is 11.3 Å². The van der Waals surface area contributed by atoms with E-state index in [4.69, 9.17) is 5.11 Å². The molecule has 0 aliphatic carbocycles. The summed E-state index contributed by atoms with van der Waals surface area (Å²) in [5, 5.41) is 16.5. The average molecular weight is 256 g/mol. The molecular formula is C12H20N2O2S.